The highest BCUT2D eigenvalue weighted by atomic mass is 35.5. The first kappa shape index (κ1) is 12.7. The summed E-state index contributed by atoms with van der Waals surface area (Å²) in [6.07, 6.45) is 1.79. The van der Waals surface area contributed by atoms with E-state index in [-0.39, 0.29) is 0 Å². The third-order valence-corrected chi connectivity index (χ3v) is 4.14. The number of rotatable bonds is 3. The van der Waals surface area contributed by atoms with E-state index in [9.17, 15) is 0 Å². The summed E-state index contributed by atoms with van der Waals surface area (Å²) >= 11 is 13.4. The summed E-state index contributed by atoms with van der Waals surface area (Å²) in [5.41, 5.74) is 3.22. The van der Waals surface area contributed by atoms with Crippen LogP contribution < -0.4 is 5.32 Å². The molecule has 0 aliphatic rings. The molecule has 0 aliphatic carbocycles. The summed E-state index contributed by atoms with van der Waals surface area (Å²) in [6.45, 7) is 4.74. The lowest BCUT2D eigenvalue weighted by molar-refractivity contribution is 1.17. The average Bonchev–Trinajstić information content (AvgIpc) is 2.69. The Balaban J connectivity index is 2.09. The Labute approximate surface area is 115 Å². The van der Waals surface area contributed by atoms with E-state index in [1.807, 2.05) is 26.0 Å². The maximum Gasteiger partial charge on any atom is 0.183 e. The molecule has 2 nitrogen and oxygen atoms in total. The molecule has 5 heteroatoms. The van der Waals surface area contributed by atoms with Crippen molar-refractivity contribution in [2.75, 3.05) is 5.32 Å². The second kappa shape index (κ2) is 5.25. The van der Waals surface area contributed by atoms with Gasteiger partial charge in [0.25, 0.3) is 0 Å². The lowest BCUT2D eigenvalue weighted by atomic mass is 10.1. The van der Waals surface area contributed by atoms with Crippen LogP contribution in [0.2, 0.25) is 9.49 Å². The topological polar surface area (TPSA) is 24.9 Å². The maximum absolute atomic E-state index is 6.12. The first-order valence-electron chi connectivity index (χ1n) is 5.17. The first-order valence-corrected chi connectivity index (χ1v) is 6.74. The van der Waals surface area contributed by atoms with Gasteiger partial charge in [-0.1, -0.05) is 23.2 Å². The van der Waals surface area contributed by atoms with Gasteiger partial charge in [0.05, 0.1) is 6.54 Å². The van der Waals surface area contributed by atoms with Crippen LogP contribution >= 0.6 is 34.5 Å². The average molecular weight is 287 g/mol. The quantitative estimate of drug-likeness (QED) is 0.886. The molecule has 1 N–H and O–H groups in total. The van der Waals surface area contributed by atoms with E-state index in [0.717, 1.165) is 33.3 Å². The fourth-order valence-corrected chi connectivity index (χ4v) is 2.63. The summed E-state index contributed by atoms with van der Waals surface area (Å²) in [4.78, 5) is 5.11. The zero-order valence-electron chi connectivity index (χ0n) is 9.55. The van der Waals surface area contributed by atoms with Gasteiger partial charge < -0.3 is 5.32 Å². The SMILES string of the molecule is Cc1cc(NCc2cnc(Cl)s2)cc(C)c1Cl. The molecule has 90 valence electrons. The summed E-state index contributed by atoms with van der Waals surface area (Å²) < 4.78 is 0.574. The molecule has 0 radical (unpaired) electrons. The Bertz CT molecular complexity index is 514. The molecule has 0 spiro atoms. The number of hydrogen-bond donors (Lipinski definition) is 1. The van der Waals surface area contributed by atoms with Gasteiger partial charge in [0.2, 0.25) is 0 Å². The van der Waals surface area contributed by atoms with Crippen LogP contribution in [0.5, 0.6) is 0 Å². The number of aromatic nitrogens is 1. The molecule has 0 saturated carbocycles. The van der Waals surface area contributed by atoms with Crippen molar-refractivity contribution < 1.29 is 0 Å². The van der Waals surface area contributed by atoms with Crippen LogP contribution in [0.3, 0.4) is 0 Å². The molecule has 0 saturated heterocycles. The van der Waals surface area contributed by atoms with Crippen LogP contribution in [-0.4, -0.2) is 4.98 Å². The molecule has 2 aromatic rings. The van der Waals surface area contributed by atoms with Gasteiger partial charge in [-0.3, -0.25) is 0 Å². The Morgan fingerprint density at radius 1 is 1.24 bits per heavy atom. The molecule has 0 aliphatic heterocycles. The predicted octanol–water partition coefficient (Wildman–Crippen LogP) is 4.68. The molecule has 0 fully saturated rings. The van der Waals surface area contributed by atoms with E-state index < -0.39 is 0 Å². The van der Waals surface area contributed by atoms with E-state index in [1.165, 1.54) is 11.3 Å². The van der Waals surface area contributed by atoms with Crippen LogP contribution in [0, 0.1) is 13.8 Å². The van der Waals surface area contributed by atoms with Crippen LogP contribution in [0.1, 0.15) is 16.0 Å². The van der Waals surface area contributed by atoms with Gasteiger partial charge in [-0.25, -0.2) is 4.98 Å². The standard InChI is InChI=1S/C12H12Cl2N2S/c1-7-3-9(4-8(2)11(7)13)15-5-10-6-16-12(14)17-10/h3-4,6,15H,5H2,1-2H3. The second-order valence-corrected chi connectivity index (χ2v) is 5.93. The number of halogens is 2. The van der Waals surface area contributed by atoms with Crippen LogP contribution in [0.15, 0.2) is 18.3 Å². The molecule has 0 unspecified atom stereocenters. The van der Waals surface area contributed by atoms with Gasteiger partial charge in [-0.05, 0) is 37.1 Å². The molecule has 17 heavy (non-hydrogen) atoms. The Morgan fingerprint density at radius 3 is 2.41 bits per heavy atom. The monoisotopic (exact) mass is 286 g/mol. The molecule has 2 rings (SSSR count). The smallest absolute Gasteiger partial charge is 0.183 e. The zero-order chi connectivity index (χ0) is 12.4. The number of anilines is 1. The van der Waals surface area contributed by atoms with E-state index in [2.05, 4.69) is 10.3 Å². The molecule has 1 aromatic carbocycles. The van der Waals surface area contributed by atoms with Gasteiger partial charge in [-0.15, -0.1) is 11.3 Å². The third kappa shape index (κ3) is 3.12. The highest BCUT2D eigenvalue weighted by molar-refractivity contribution is 7.15. The largest absolute Gasteiger partial charge is 0.380 e. The number of thiazole rings is 1. The summed E-state index contributed by atoms with van der Waals surface area (Å²) in [7, 11) is 0. The van der Waals surface area contributed by atoms with Crippen molar-refractivity contribution in [3.8, 4) is 0 Å². The number of nitrogens with zero attached hydrogens (tertiary/aromatic N) is 1. The molecule has 1 aromatic heterocycles. The highest BCUT2D eigenvalue weighted by Gasteiger charge is 2.03. The molecule has 0 atom stereocenters. The van der Waals surface area contributed by atoms with Crippen LogP contribution in [0.4, 0.5) is 5.69 Å². The fraction of sp³-hybridized carbons (Fsp3) is 0.250. The Hall–Kier alpha value is -0.770. The summed E-state index contributed by atoms with van der Waals surface area (Å²) in [5, 5.41) is 4.17. The highest BCUT2D eigenvalue weighted by Crippen LogP contribution is 2.25. The zero-order valence-corrected chi connectivity index (χ0v) is 11.9. The minimum Gasteiger partial charge on any atom is -0.380 e. The normalized spacial score (nSPS) is 10.6. The van der Waals surface area contributed by atoms with Gasteiger partial charge in [0.1, 0.15) is 0 Å². The number of nitrogens with one attached hydrogen (secondary N) is 1. The van der Waals surface area contributed by atoms with Gasteiger partial charge in [0.15, 0.2) is 4.47 Å². The molecule has 0 bridgehead atoms. The van der Waals surface area contributed by atoms with Crippen molar-refractivity contribution in [3.05, 3.63) is 43.8 Å². The van der Waals surface area contributed by atoms with E-state index >= 15 is 0 Å². The van der Waals surface area contributed by atoms with Gasteiger partial charge >= 0.3 is 0 Å². The molecular formula is C12H12Cl2N2S. The molecule has 1 heterocycles. The van der Waals surface area contributed by atoms with Crippen molar-refractivity contribution in [2.24, 2.45) is 0 Å². The predicted molar refractivity (Wildman–Crippen MR) is 75.4 cm³/mol. The lowest BCUT2D eigenvalue weighted by Gasteiger charge is -2.09. The van der Waals surface area contributed by atoms with Crippen LogP contribution in [0.25, 0.3) is 0 Å². The first-order chi connectivity index (χ1) is 8.06. The van der Waals surface area contributed by atoms with Gasteiger partial charge in [0, 0.05) is 21.8 Å². The van der Waals surface area contributed by atoms with E-state index in [4.69, 9.17) is 23.2 Å². The molecule has 0 amide bonds. The number of benzene rings is 1. The number of hydrogen-bond acceptors (Lipinski definition) is 3. The summed E-state index contributed by atoms with van der Waals surface area (Å²) in [5.74, 6) is 0. The second-order valence-electron chi connectivity index (χ2n) is 3.86. The minimum atomic E-state index is 0.574. The van der Waals surface area contributed by atoms with Crippen molar-refractivity contribution >= 4 is 40.2 Å². The Kier molecular flexibility index (Phi) is 3.92. The van der Waals surface area contributed by atoms with E-state index in [0.29, 0.717) is 4.47 Å². The lowest BCUT2D eigenvalue weighted by Crippen LogP contribution is -1.98. The summed E-state index contributed by atoms with van der Waals surface area (Å²) in [6, 6.07) is 4.08. The van der Waals surface area contributed by atoms with Gasteiger partial charge in [-0.2, -0.15) is 0 Å². The fourth-order valence-electron chi connectivity index (χ4n) is 1.60. The maximum atomic E-state index is 6.12. The third-order valence-electron chi connectivity index (χ3n) is 2.43. The van der Waals surface area contributed by atoms with Crippen molar-refractivity contribution in [1.82, 2.24) is 4.98 Å². The van der Waals surface area contributed by atoms with Crippen molar-refractivity contribution in [1.29, 1.82) is 0 Å². The Morgan fingerprint density at radius 2 is 1.88 bits per heavy atom. The number of aryl methyl sites for hydroxylation is 2. The minimum absolute atomic E-state index is 0.574. The van der Waals surface area contributed by atoms with E-state index in [1.54, 1.807) is 6.20 Å². The van der Waals surface area contributed by atoms with Crippen molar-refractivity contribution in [2.45, 2.75) is 20.4 Å². The molecular weight excluding hydrogens is 275 g/mol. The van der Waals surface area contributed by atoms with Crippen molar-refractivity contribution in [3.63, 3.8) is 0 Å². The van der Waals surface area contributed by atoms with Crippen LogP contribution in [-0.2, 0) is 6.54 Å².